The van der Waals surface area contributed by atoms with Gasteiger partial charge in [-0.3, -0.25) is 4.79 Å². The van der Waals surface area contributed by atoms with E-state index in [-0.39, 0.29) is 11.8 Å². The standard InChI is InChI=1S/C18H19NO2/c20-18(17-8-4-5-13-19-17)14-9-11-16(12-10-14)21-15-6-2-1-3-7-15/h1-3,6-7,9-12,17,19H,4-5,8,13H2. The first-order chi connectivity index (χ1) is 10.3. The Labute approximate surface area is 124 Å². The molecular weight excluding hydrogens is 262 g/mol. The molecule has 21 heavy (non-hydrogen) atoms. The number of Topliss-reactive ketones (excluding diaryl/α,β-unsaturated/α-hetero) is 1. The van der Waals surface area contributed by atoms with Gasteiger partial charge in [0.05, 0.1) is 6.04 Å². The lowest BCUT2D eigenvalue weighted by Crippen LogP contribution is -2.40. The summed E-state index contributed by atoms with van der Waals surface area (Å²) in [6.07, 6.45) is 3.22. The first kappa shape index (κ1) is 13.8. The topological polar surface area (TPSA) is 38.3 Å². The molecule has 3 heteroatoms. The molecule has 2 aromatic carbocycles. The van der Waals surface area contributed by atoms with Crippen LogP contribution in [0.2, 0.25) is 0 Å². The van der Waals surface area contributed by atoms with Crippen LogP contribution >= 0.6 is 0 Å². The number of nitrogens with one attached hydrogen (secondary N) is 1. The van der Waals surface area contributed by atoms with Gasteiger partial charge in [-0.1, -0.05) is 24.6 Å². The van der Waals surface area contributed by atoms with Crippen molar-refractivity contribution < 1.29 is 9.53 Å². The lowest BCUT2D eigenvalue weighted by atomic mass is 9.96. The second-order valence-corrected chi connectivity index (χ2v) is 5.31. The Morgan fingerprint density at radius 3 is 2.33 bits per heavy atom. The number of carbonyl (C=O) groups is 1. The van der Waals surface area contributed by atoms with Crippen molar-refractivity contribution >= 4 is 5.78 Å². The Bertz CT molecular complexity index is 586. The summed E-state index contributed by atoms with van der Waals surface area (Å²) in [5.74, 6) is 1.72. The van der Waals surface area contributed by atoms with Crippen LogP contribution in [-0.4, -0.2) is 18.4 Å². The van der Waals surface area contributed by atoms with Crippen LogP contribution in [0.1, 0.15) is 29.6 Å². The quantitative estimate of drug-likeness (QED) is 0.866. The monoisotopic (exact) mass is 281 g/mol. The van der Waals surface area contributed by atoms with Gasteiger partial charge in [0.2, 0.25) is 0 Å². The van der Waals surface area contributed by atoms with Crippen molar-refractivity contribution in [1.82, 2.24) is 5.32 Å². The summed E-state index contributed by atoms with van der Waals surface area (Å²) in [4.78, 5) is 12.4. The SMILES string of the molecule is O=C(c1ccc(Oc2ccccc2)cc1)C1CCCCN1. The van der Waals surface area contributed by atoms with Crippen LogP contribution in [0.5, 0.6) is 11.5 Å². The number of hydrogen-bond donors (Lipinski definition) is 1. The molecule has 1 N–H and O–H groups in total. The normalized spacial score (nSPS) is 18.2. The lowest BCUT2D eigenvalue weighted by molar-refractivity contribution is 0.0927. The molecule has 1 aliphatic heterocycles. The molecule has 108 valence electrons. The van der Waals surface area contributed by atoms with Crippen LogP contribution in [-0.2, 0) is 0 Å². The number of hydrogen-bond acceptors (Lipinski definition) is 3. The molecule has 2 aromatic rings. The van der Waals surface area contributed by atoms with E-state index in [2.05, 4.69) is 5.32 Å². The molecule has 0 saturated carbocycles. The molecule has 0 bridgehead atoms. The van der Waals surface area contributed by atoms with Gasteiger partial charge in [-0.05, 0) is 55.8 Å². The molecule has 0 aliphatic carbocycles. The van der Waals surface area contributed by atoms with Crippen molar-refractivity contribution in [2.75, 3.05) is 6.54 Å². The fraction of sp³-hybridized carbons (Fsp3) is 0.278. The molecule has 0 radical (unpaired) electrons. The van der Waals surface area contributed by atoms with Crippen molar-refractivity contribution in [3.63, 3.8) is 0 Å². The van der Waals surface area contributed by atoms with E-state index in [1.54, 1.807) is 0 Å². The highest BCUT2D eigenvalue weighted by Crippen LogP contribution is 2.22. The van der Waals surface area contributed by atoms with E-state index >= 15 is 0 Å². The van der Waals surface area contributed by atoms with Crippen LogP contribution in [0, 0.1) is 0 Å². The van der Waals surface area contributed by atoms with Crippen LogP contribution in [0.15, 0.2) is 54.6 Å². The summed E-state index contributed by atoms with van der Waals surface area (Å²) in [5.41, 5.74) is 0.745. The molecule has 1 saturated heterocycles. The molecule has 1 fully saturated rings. The molecule has 0 spiro atoms. The molecule has 1 unspecified atom stereocenters. The zero-order chi connectivity index (χ0) is 14.5. The summed E-state index contributed by atoms with van der Waals surface area (Å²) in [7, 11) is 0. The van der Waals surface area contributed by atoms with E-state index in [0.717, 1.165) is 42.9 Å². The zero-order valence-corrected chi connectivity index (χ0v) is 11.9. The van der Waals surface area contributed by atoms with Crippen molar-refractivity contribution in [1.29, 1.82) is 0 Å². The third-order valence-electron chi connectivity index (χ3n) is 3.74. The van der Waals surface area contributed by atoms with E-state index in [9.17, 15) is 4.79 Å². The molecule has 0 aromatic heterocycles. The Kier molecular flexibility index (Phi) is 4.31. The minimum atomic E-state index is -0.0281. The van der Waals surface area contributed by atoms with E-state index in [4.69, 9.17) is 4.74 Å². The predicted octanol–water partition coefficient (Wildman–Crippen LogP) is 3.80. The van der Waals surface area contributed by atoms with Crippen LogP contribution in [0.4, 0.5) is 0 Å². The number of ether oxygens (including phenoxy) is 1. The average Bonchev–Trinajstić information content (AvgIpc) is 2.57. The minimum Gasteiger partial charge on any atom is -0.457 e. The maximum absolute atomic E-state index is 12.4. The Hall–Kier alpha value is -2.13. The van der Waals surface area contributed by atoms with Crippen molar-refractivity contribution in [3.8, 4) is 11.5 Å². The number of benzene rings is 2. The van der Waals surface area contributed by atoms with Gasteiger partial charge in [-0.2, -0.15) is 0 Å². The maximum Gasteiger partial charge on any atom is 0.179 e. The van der Waals surface area contributed by atoms with Crippen molar-refractivity contribution in [2.45, 2.75) is 25.3 Å². The summed E-state index contributed by atoms with van der Waals surface area (Å²) in [6, 6.07) is 17.0. The number of ketones is 1. The molecular formula is C18H19NO2. The maximum atomic E-state index is 12.4. The number of rotatable bonds is 4. The Morgan fingerprint density at radius 2 is 1.67 bits per heavy atom. The summed E-state index contributed by atoms with van der Waals surface area (Å²) >= 11 is 0. The van der Waals surface area contributed by atoms with Gasteiger partial charge in [-0.25, -0.2) is 0 Å². The zero-order valence-electron chi connectivity index (χ0n) is 11.9. The molecule has 1 aliphatic rings. The smallest absolute Gasteiger partial charge is 0.179 e. The first-order valence-electron chi connectivity index (χ1n) is 7.43. The fourth-order valence-corrected chi connectivity index (χ4v) is 2.59. The second-order valence-electron chi connectivity index (χ2n) is 5.31. The number of piperidine rings is 1. The molecule has 3 nitrogen and oxygen atoms in total. The van der Waals surface area contributed by atoms with E-state index in [1.165, 1.54) is 0 Å². The summed E-state index contributed by atoms with van der Waals surface area (Å²) in [5, 5.41) is 3.29. The predicted molar refractivity (Wildman–Crippen MR) is 82.9 cm³/mol. The van der Waals surface area contributed by atoms with Crippen LogP contribution < -0.4 is 10.1 Å². The van der Waals surface area contributed by atoms with Crippen molar-refractivity contribution in [3.05, 3.63) is 60.2 Å². The minimum absolute atomic E-state index is 0.0281. The third kappa shape index (κ3) is 3.50. The van der Waals surface area contributed by atoms with E-state index < -0.39 is 0 Å². The fourth-order valence-electron chi connectivity index (χ4n) is 2.59. The molecule has 0 amide bonds. The highest BCUT2D eigenvalue weighted by atomic mass is 16.5. The van der Waals surface area contributed by atoms with E-state index in [1.807, 2.05) is 54.6 Å². The Balaban J connectivity index is 1.67. The van der Waals surface area contributed by atoms with Crippen LogP contribution in [0.3, 0.4) is 0 Å². The second kappa shape index (κ2) is 6.55. The van der Waals surface area contributed by atoms with Gasteiger partial charge >= 0.3 is 0 Å². The highest BCUT2D eigenvalue weighted by molar-refractivity contribution is 6.00. The summed E-state index contributed by atoms with van der Waals surface area (Å²) < 4.78 is 5.73. The first-order valence-corrected chi connectivity index (χ1v) is 7.43. The Morgan fingerprint density at radius 1 is 0.952 bits per heavy atom. The van der Waals surface area contributed by atoms with Gasteiger partial charge in [0.1, 0.15) is 11.5 Å². The van der Waals surface area contributed by atoms with Gasteiger partial charge in [0.25, 0.3) is 0 Å². The third-order valence-corrected chi connectivity index (χ3v) is 3.74. The number of carbonyl (C=O) groups excluding carboxylic acids is 1. The largest absolute Gasteiger partial charge is 0.457 e. The van der Waals surface area contributed by atoms with Crippen LogP contribution in [0.25, 0.3) is 0 Å². The van der Waals surface area contributed by atoms with Gasteiger partial charge in [0.15, 0.2) is 5.78 Å². The van der Waals surface area contributed by atoms with Gasteiger partial charge in [0, 0.05) is 5.56 Å². The molecule has 3 rings (SSSR count). The van der Waals surface area contributed by atoms with Crippen molar-refractivity contribution in [2.24, 2.45) is 0 Å². The molecule has 1 heterocycles. The van der Waals surface area contributed by atoms with E-state index in [0.29, 0.717) is 0 Å². The highest BCUT2D eigenvalue weighted by Gasteiger charge is 2.21. The molecule has 1 atom stereocenters. The number of para-hydroxylation sites is 1. The average molecular weight is 281 g/mol. The summed E-state index contributed by atoms with van der Waals surface area (Å²) in [6.45, 7) is 0.936. The lowest BCUT2D eigenvalue weighted by Gasteiger charge is -2.22. The van der Waals surface area contributed by atoms with Gasteiger partial charge in [-0.15, -0.1) is 0 Å². The van der Waals surface area contributed by atoms with Gasteiger partial charge < -0.3 is 10.1 Å².